The Labute approximate surface area is 139 Å². The number of hydrogen-bond acceptors (Lipinski definition) is 4. The minimum Gasteiger partial charge on any atom is -0.310 e. The van der Waals surface area contributed by atoms with Gasteiger partial charge < -0.3 is 5.32 Å². The van der Waals surface area contributed by atoms with Crippen molar-refractivity contribution in [1.29, 1.82) is 0 Å². The highest BCUT2D eigenvalue weighted by Gasteiger charge is 2.19. The summed E-state index contributed by atoms with van der Waals surface area (Å²) >= 11 is 5.24. The molecular formula is C16H22BrN3S. The van der Waals surface area contributed by atoms with E-state index in [0.29, 0.717) is 0 Å². The summed E-state index contributed by atoms with van der Waals surface area (Å²) in [6.45, 7) is 9.65. The second-order valence-corrected chi connectivity index (χ2v) is 7.99. The first-order valence-corrected chi connectivity index (χ1v) is 8.86. The van der Waals surface area contributed by atoms with E-state index in [9.17, 15) is 0 Å². The molecule has 0 bridgehead atoms. The third-order valence-corrected chi connectivity index (χ3v) is 4.58. The standard InChI is InChI=1S/C16H22BrN3S/c1-5-19-13(11-6-12(17)9-18-8-11)7-15-20-14(10-21-15)16(2,3)4/h6,8-10,13,19H,5,7H2,1-4H3. The van der Waals surface area contributed by atoms with Gasteiger partial charge in [-0.1, -0.05) is 27.7 Å². The number of likely N-dealkylation sites (N-methyl/N-ethyl adjacent to an activating group) is 1. The molecule has 2 heterocycles. The molecule has 2 aromatic heterocycles. The Morgan fingerprint density at radius 3 is 2.67 bits per heavy atom. The summed E-state index contributed by atoms with van der Waals surface area (Å²) in [6.07, 6.45) is 4.64. The summed E-state index contributed by atoms with van der Waals surface area (Å²) in [4.78, 5) is 9.07. The topological polar surface area (TPSA) is 37.8 Å². The lowest BCUT2D eigenvalue weighted by Gasteiger charge is -2.17. The van der Waals surface area contributed by atoms with Crippen LogP contribution >= 0.6 is 27.3 Å². The molecule has 1 unspecified atom stereocenters. The minimum absolute atomic E-state index is 0.111. The first kappa shape index (κ1) is 16.6. The molecule has 0 saturated heterocycles. The van der Waals surface area contributed by atoms with Crippen LogP contribution in [0.25, 0.3) is 0 Å². The molecular weight excluding hydrogens is 346 g/mol. The van der Waals surface area contributed by atoms with Crippen molar-refractivity contribution in [3.63, 3.8) is 0 Å². The average molecular weight is 368 g/mol. The van der Waals surface area contributed by atoms with Gasteiger partial charge in [-0.05, 0) is 34.1 Å². The van der Waals surface area contributed by atoms with E-state index in [1.807, 2.05) is 12.4 Å². The van der Waals surface area contributed by atoms with Crippen molar-refractivity contribution in [2.75, 3.05) is 6.54 Å². The normalized spacial score (nSPS) is 13.4. The molecule has 0 aliphatic heterocycles. The van der Waals surface area contributed by atoms with E-state index in [1.165, 1.54) is 16.3 Å². The lowest BCUT2D eigenvalue weighted by Crippen LogP contribution is -2.23. The smallest absolute Gasteiger partial charge is 0.0947 e. The van der Waals surface area contributed by atoms with Crippen molar-refractivity contribution in [2.45, 2.75) is 45.6 Å². The Kier molecular flexibility index (Phi) is 5.52. The number of nitrogens with one attached hydrogen (secondary N) is 1. The minimum atomic E-state index is 0.111. The highest BCUT2D eigenvalue weighted by Crippen LogP contribution is 2.27. The van der Waals surface area contributed by atoms with Crippen LogP contribution in [0.3, 0.4) is 0 Å². The first-order valence-electron chi connectivity index (χ1n) is 7.19. The molecule has 0 saturated carbocycles. The molecule has 0 radical (unpaired) electrons. The monoisotopic (exact) mass is 367 g/mol. The Morgan fingerprint density at radius 2 is 2.10 bits per heavy atom. The zero-order valence-corrected chi connectivity index (χ0v) is 15.4. The van der Waals surface area contributed by atoms with E-state index in [1.54, 1.807) is 11.3 Å². The SMILES string of the molecule is CCNC(Cc1nc(C(C)(C)C)cs1)c1cncc(Br)c1. The van der Waals surface area contributed by atoms with Crippen LogP contribution in [-0.2, 0) is 11.8 Å². The number of thiazole rings is 1. The molecule has 0 spiro atoms. The van der Waals surface area contributed by atoms with Gasteiger partial charge in [-0.2, -0.15) is 0 Å². The third kappa shape index (κ3) is 4.59. The Balaban J connectivity index is 2.18. The Morgan fingerprint density at radius 1 is 1.33 bits per heavy atom. The summed E-state index contributed by atoms with van der Waals surface area (Å²) in [7, 11) is 0. The van der Waals surface area contributed by atoms with E-state index in [-0.39, 0.29) is 11.5 Å². The van der Waals surface area contributed by atoms with E-state index >= 15 is 0 Å². The Hall–Kier alpha value is -0.780. The fourth-order valence-corrected chi connectivity index (χ4v) is 3.55. The van der Waals surface area contributed by atoms with Crippen molar-refractivity contribution in [2.24, 2.45) is 0 Å². The predicted molar refractivity (Wildman–Crippen MR) is 92.9 cm³/mol. The molecule has 5 heteroatoms. The largest absolute Gasteiger partial charge is 0.310 e. The van der Waals surface area contributed by atoms with Gasteiger partial charge in [-0.3, -0.25) is 4.98 Å². The highest BCUT2D eigenvalue weighted by molar-refractivity contribution is 9.10. The van der Waals surface area contributed by atoms with Crippen LogP contribution in [0.4, 0.5) is 0 Å². The predicted octanol–water partition coefficient (Wildman–Crippen LogP) is 4.49. The lowest BCUT2D eigenvalue weighted by molar-refractivity contribution is 0.538. The van der Waals surface area contributed by atoms with Gasteiger partial charge in [0.05, 0.1) is 10.7 Å². The summed E-state index contributed by atoms with van der Waals surface area (Å²) in [5.41, 5.74) is 2.48. The molecule has 21 heavy (non-hydrogen) atoms. The van der Waals surface area contributed by atoms with Crippen LogP contribution in [0.5, 0.6) is 0 Å². The number of pyridine rings is 1. The van der Waals surface area contributed by atoms with Crippen LogP contribution in [0.2, 0.25) is 0 Å². The van der Waals surface area contributed by atoms with E-state index in [2.05, 4.69) is 65.4 Å². The maximum Gasteiger partial charge on any atom is 0.0947 e. The van der Waals surface area contributed by atoms with E-state index in [0.717, 1.165) is 17.4 Å². The summed E-state index contributed by atoms with van der Waals surface area (Å²) in [6, 6.07) is 2.37. The van der Waals surface area contributed by atoms with Crippen molar-refractivity contribution >= 4 is 27.3 Å². The van der Waals surface area contributed by atoms with Crippen LogP contribution in [0.15, 0.2) is 28.3 Å². The van der Waals surface area contributed by atoms with Gasteiger partial charge in [0.2, 0.25) is 0 Å². The zero-order chi connectivity index (χ0) is 15.5. The maximum atomic E-state index is 4.80. The molecule has 2 aromatic rings. The second kappa shape index (κ2) is 6.99. The number of nitrogens with zero attached hydrogens (tertiary/aromatic N) is 2. The molecule has 1 atom stereocenters. The van der Waals surface area contributed by atoms with Gasteiger partial charge in [0, 0.05) is 40.1 Å². The summed E-state index contributed by atoms with van der Waals surface area (Å²) < 4.78 is 1.01. The van der Waals surface area contributed by atoms with Gasteiger partial charge >= 0.3 is 0 Å². The molecule has 0 fully saturated rings. The lowest BCUT2D eigenvalue weighted by atomic mass is 9.93. The fourth-order valence-electron chi connectivity index (χ4n) is 2.10. The number of halogens is 1. The van der Waals surface area contributed by atoms with Gasteiger partial charge in [0.1, 0.15) is 0 Å². The van der Waals surface area contributed by atoms with Crippen molar-refractivity contribution in [1.82, 2.24) is 15.3 Å². The summed E-state index contributed by atoms with van der Waals surface area (Å²) in [5.74, 6) is 0. The number of hydrogen-bond donors (Lipinski definition) is 1. The molecule has 0 aromatic carbocycles. The molecule has 0 aliphatic rings. The third-order valence-electron chi connectivity index (χ3n) is 3.28. The van der Waals surface area contributed by atoms with E-state index in [4.69, 9.17) is 4.98 Å². The first-order chi connectivity index (χ1) is 9.90. The summed E-state index contributed by atoms with van der Waals surface area (Å²) in [5, 5.41) is 6.88. The van der Waals surface area contributed by atoms with Crippen LogP contribution in [0.1, 0.15) is 50.0 Å². The molecule has 3 nitrogen and oxygen atoms in total. The van der Waals surface area contributed by atoms with Crippen LogP contribution < -0.4 is 5.32 Å². The van der Waals surface area contributed by atoms with E-state index < -0.39 is 0 Å². The number of aromatic nitrogens is 2. The molecule has 114 valence electrons. The molecule has 0 aliphatic carbocycles. The van der Waals surface area contributed by atoms with Crippen molar-refractivity contribution < 1.29 is 0 Å². The fraction of sp³-hybridized carbons (Fsp3) is 0.500. The zero-order valence-electron chi connectivity index (χ0n) is 13.0. The van der Waals surface area contributed by atoms with Gasteiger partial charge in [0.15, 0.2) is 0 Å². The maximum absolute atomic E-state index is 4.80. The molecule has 0 amide bonds. The van der Waals surface area contributed by atoms with Gasteiger partial charge in [-0.25, -0.2) is 4.98 Å². The van der Waals surface area contributed by atoms with Crippen molar-refractivity contribution in [3.05, 3.63) is 44.6 Å². The molecule has 1 N–H and O–H groups in total. The Bertz CT molecular complexity index is 589. The second-order valence-electron chi connectivity index (χ2n) is 6.13. The van der Waals surface area contributed by atoms with Crippen molar-refractivity contribution in [3.8, 4) is 0 Å². The van der Waals surface area contributed by atoms with Crippen LogP contribution in [-0.4, -0.2) is 16.5 Å². The highest BCUT2D eigenvalue weighted by atomic mass is 79.9. The number of rotatable bonds is 5. The van der Waals surface area contributed by atoms with Gasteiger partial charge in [-0.15, -0.1) is 11.3 Å². The quantitative estimate of drug-likeness (QED) is 0.845. The average Bonchev–Trinajstić information content (AvgIpc) is 2.87. The molecule has 2 rings (SSSR count). The van der Waals surface area contributed by atoms with Gasteiger partial charge in [0.25, 0.3) is 0 Å². The van der Waals surface area contributed by atoms with Crippen LogP contribution in [0, 0.1) is 0 Å².